The third-order valence-electron chi connectivity index (χ3n) is 5.37. The molecule has 0 radical (unpaired) electrons. The molecule has 0 spiro atoms. The molecule has 118 valence electrons. The Kier molecular flexibility index (Phi) is 5.45. The molecule has 2 heteroatoms. The minimum atomic E-state index is 0.137. The first-order valence-electron chi connectivity index (χ1n) is 8.47. The normalized spacial score (nSPS) is 19.3. The average Bonchev–Trinajstić information content (AvgIpc) is 2.73. The molecule has 0 aliphatic carbocycles. The van der Waals surface area contributed by atoms with Gasteiger partial charge in [0, 0.05) is 5.54 Å². The van der Waals surface area contributed by atoms with Crippen molar-refractivity contribution < 1.29 is 0 Å². The average molecular weight is 288 g/mol. The van der Waals surface area contributed by atoms with Gasteiger partial charge in [-0.2, -0.15) is 0 Å². The standard InChI is InChI=1S/C19H32N2/c1-15-11-10-12-17(16(15)2)18(20-5)19(3,4)21-13-8-6-7-9-14-21/h10-12,18,20H,6-9,13-14H2,1-5H3. The summed E-state index contributed by atoms with van der Waals surface area (Å²) in [6.45, 7) is 11.7. The molecule has 1 aromatic carbocycles. The van der Waals surface area contributed by atoms with Crippen molar-refractivity contribution >= 4 is 0 Å². The van der Waals surface area contributed by atoms with E-state index in [2.05, 4.69) is 63.2 Å². The lowest BCUT2D eigenvalue weighted by atomic mass is 9.83. The van der Waals surface area contributed by atoms with Crippen LogP contribution in [0.4, 0.5) is 0 Å². The van der Waals surface area contributed by atoms with Crippen LogP contribution < -0.4 is 5.32 Å². The number of nitrogens with one attached hydrogen (secondary N) is 1. The SMILES string of the molecule is CNC(c1cccc(C)c1C)C(C)(C)N1CCCCCC1. The first-order chi connectivity index (χ1) is 9.98. The molecule has 0 saturated carbocycles. The Morgan fingerprint density at radius 1 is 1.05 bits per heavy atom. The van der Waals surface area contributed by atoms with E-state index < -0.39 is 0 Å². The Morgan fingerprint density at radius 3 is 2.24 bits per heavy atom. The maximum absolute atomic E-state index is 3.60. The summed E-state index contributed by atoms with van der Waals surface area (Å²) in [6.07, 6.45) is 5.46. The van der Waals surface area contributed by atoms with Crippen molar-refractivity contribution in [2.45, 2.75) is 65.0 Å². The Hall–Kier alpha value is -0.860. The van der Waals surface area contributed by atoms with Crippen molar-refractivity contribution in [1.82, 2.24) is 10.2 Å². The molecule has 21 heavy (non-hydrogen) atoms. The first-order valence-corrected chi connectivity index (χ1v) is 8.47. The Bertz CT molecular complexity index is 457. The lowest BCUT2D eigenvalue weighted by Gasteiger charge is -2.44. The van der Waals surface area contributed by atoms with Crippen molar-refractivity contribution in [2.24, 2.45) is 0 Å². The van der Waals surface area contributed by atoms with Crippen LogP contribution in [0.2, 0.25) is 0 Å². The van der Waals surface area contributed by atoms with Gasteiger partial charge in [0.2, 0.25) is 0 Å². The van der Waals surface area contributed by atoms with Gasteiger partial charge >= 0.3 is 0 Å². The van der Waals surface area contributed by atoms with Gasteiger partial charge in [0.1, 0.15) is 0 Å². The molecule has 0 amide bonds. The molecule has 1 fully saturated rings. The molecule has 2 rings (SSSR count). The quantitative estimate of drug-likeness (QED) is 0.892. The number of aryl methyl sites for hydroxylation is 1. The van der Waals surface area contributed by atoms with Gasteiger partial charge in [-0.15, -0.1) is 0 Å². The summed E-state index contributed by atoms with van der Waals surface area (Å²) in [5.41, 5.74) is 4.41. The molecule has 0 bridgehead atoms. The molecule has 1 aromatic rings. The molecule has 1 saturated heterocycles. The van der Waals surface area contributed by atoms with E-state index in [1.807, 2.05) is 0 Å². The molecule has 1 unspecified atom stereocenters. The van der Waals surface area contributed by atoms with Crippen LogP contribution in [0.15, 0.2) is 18.2 Å². The van der Waals surface area contributed by atoms with Crippen molar-refractivity contribution in [3.63, 3.8) is 0 Å². The van der Waals surface area contributed by atoms with Gasteiger partial charge in [-0.05, 0) is 77.4 Å². The summed E-state index contributed by atoms with van der Waals surface area (Å²) in [4.78, 5) is 2.70. The van der Waals surface area contributed by atoms with Crippen LogP contribution in [-0.2, 0) is 0 Å². The predicted molar refractivity (Wildman–Crippen MR) is 91.8 cm³/mol. The lowest BCUT2D eigenvalue weighted by molar-refractivity contribution is 0.0862. The summed E-state index contributed by atoms with van der Waals surface area (Å²) in [5.74, 6) is 0. The van der Waals surface area contributed by atoms with Gasteiger partial charge in [0.25, 0.3) is 0 Å². The van der Waals surface area contributed by atoms with Crippen LogP contribution in [-0.4, -0.2) is 30.6 Å². The highest BCUT2D eigenvalue weighted by Gasteiger charge is 2.36. The fourth-order valence-electron chi connectivity index (χ4n) is 3.81. The summed E-state index contributed by atoms with van der Waals surface area (Å²) in [6, 6.07) is 7.07. The second kappa shape index (κ2) is 6.93. The smallest absolute Gasteiger partial charge is 0.0502 e. The highest BCUT2D eigenvalue weighted by atomic mass is 15.2. The Balaban J connectivity index is 2.31. The third-order valence-corrected chi connectivity index (χ3v) is 5.37. The van der Waals surface area contributed by atoms with Gasteiger partial charge in [-0.1, -0.05) is 31.0 Å². The van der Waals surface area contributed by atoms with E-state index in [9.17, 15) is 0 Å². The minimum Gasteiger partial charge on any atom is -0.311 e. The van der Waals surface area contributed by atoms with Crippen molar-refractivity contribution in [3.05, 3.63) is 34.9 Å². The molecule has 2 nitrogen and oxygen atoms in total. The number of hydrogen-bond donors (Lipinski definition) is 1. The number of benzene rings is 1. The zero-order valence-electron chi connectivity index (χ0n) is 14.5. The summed E-state index contributed by atoms with van der Waals surface area (Å²) >= 11 is 0. The van der Waals surface area contributed by atoms with Crippen LogP contribution in [0.25, 0.3) is 0 Å². The minimum absolute atomic E-state index is 0.137. The molecule has 1 atom stereocenters. The van der Waals surface area contributed by atoms with Crippen LogP contribution in [0, 0.1) is 13.8 Å². The number of rotatable bonds is 4. The van der Waals surface area contributed by atoms with E-state index in [4.69, 9.17) is 0 Å². The van der Waals surface area contributed by atoms with Crippen LogP contribution in [0.5, 0.6) is 0 Å². The maximum Gasteiger partial charge on any atom is 0.0502 e. The molecular formula is C19H32N2. The topological polar surface area (TPSA) is 15.3 Å². The van der Waals surface area contributed by atoms with E-state index in [1.54, 1.807) is 0 Å². The summed E-state index contributed by atoms with van der Waals surface area (Å²) in [5, 5.41) is 3.60. The zero-order valence-corrected chi connectivity index (χ0v) is 14.5. The zero-order chi connectivity index (χ0) is 15.5. The molecule has 1 aliphatic heterocycles. The van der Waals surface area contributed by atoms with E-state index in [-0.39, 0.29) is 5.54 Å². The fraction of sp³-hybridized carbons (Fsp3) is 0.684. The van der Waals surface area contributed by atoms with E-state index >= 15 is 0 Å². The summed E-state index contributed by atoms with van der Waals surface area (Å²) < 4.78 is 0. The molecule has 1 heterocycles. The third kappa shape index (κ3) is 3.49. The second-order valence-corrected chi connectivity index (χ2v) is 7.07. The van der Waals surface area contributed by atoms with Crippen LogP contribution >= 0.6 is 0 Å². The van der Waals surface area contributed by atoms with Crippen molar-refractivity contribution in [2.75, 3.05) is 20.1 Å². The summed E-state index contributed by atoms with van der Waals surface area (Å²) in [7, 11) is 2.10. The first kappa shape index (κ1) is 16.5. The predicted octanol–water partition coefficient (Wildman–Crippen LogP) is 4.22. The van der Waals surface area contributed by atoms with E-state index in [1.165, 1.54) is 55.5 Å². The number of likely N-dealkylation sites (tertiary alicyclic amines) is 1. The van der Waals surface area contributed by atoms with Crippen LogP contribution in [0.3, 0.4) is 0 Å². The fourth-order valence-corrected chi connectivity index (χ4v) is 3.81. The monoisotopic (exact) mass is 288 g/mol. The number of likely N-dealkylation sites (N-methyl/N-ethyl adjacent to an activating group) is 1. The highest BCUT2D eigenvalue weighted by molar-refractivity contribution is 5.37. The number of nitrogens with zero attached hydrogens (tertiary/aromatic N) is 1. The number of hydrogen-bond acceptors (Lipinski definition) is 2. The van der Waals surface area contributed by atoms with E-state index in [0.29, 0.717) is 6.04 Å². The highest BCUT2D eigenvalue weighted by Crippen LogP contribution is 2.34. The van der Waals surface area contributed by atoms with E-state index in [0.717, 1.165) is 0 Å². The van der Waals surface area contributed by atoms with Crippen LogP contribution in [0.1, 0.15) is 62.3 Å². The molecular weight excluding hydrogens is 256 g/mol. The van der Waals surface area contributed by atoms with Gasteiger partial charge in [-0.3, -0.25) is 4.90 Å². The molecule has 0 aromatic heterocycles. The largest absolute Gasteiger partial charge is 0.311 e. The maximum atomic E-state index is 3.60. The second-order valence-electron chi connectivity index (χ2n) is 7.07. The van der Waals surface area contributed by atoms with Gasteiger partial charge in [0.05, 0.1) is 6.04 Å². The van der Waals surface area contributed by atoms with Gasteiger partial charge in [-0.25, -0.2) is 0 Å². The molecule has 1 N–H and O–H groups in total. The Labute approximate surface area is 130 Å². The molecule has 1 aliphatic rings. The Morgan fingerprint density at radius 2 is 1.67 bits per heavy atom. The van der Waals surface area contributed by atoms with Crippen molar-refractivity contribution in [1.29, 1.82) is 0 Å². The lowest BCUT2D eigenvalue weighted by Crippen LogP contribution is -2.52. The van der Waals surface area contributed by atoms with Gasteiger partial charge in [0.15, 0.2) is 0 Å². The van der Waals surface area contributed by atoms with Crippen molar-refractivity contribution in [3.8, 4) is 0 Å². The van der Waals surface area contributed by atoms with Gasteiger partial charge < -0.3 is 5.32 Å².